The van der Waals surface area contributed by atoms with Crippen molar-refractivity contribution in [3.63, 3.8) is 0 Å². The molecule has 0 spiro atoms. The minimum Gasteiger partial charge on any atom is -0.361 e. The van der Waals surface area contributed by atoms with Gasteiger partial charge in [-0.05, 0) is 25.5 Å². The molecule has 81 valence electrons. The van der Waals surface area contributed by atoms with Crippen molar-refractivity contribution in [3.8, 4) is 11.1 Å². The molecule has 1 radical (unpaired) electrons. The third-order valence-corrected chi connectivity index (χ3v) is 2.31. The molecule has 0 bridgehead atoms. The van der Waals surface area contributed by atoms with Crippen LogP contribution < -0.4 is 0 Å². The van der Waals surface area contributed by atoms with Crippen LogP contribution in [0.2, 0.25) is 0 Å². The van der Waals surface area contributed by atoms with Gasteiger partial charge in [0.15, 0.2) is 0 Å². The molecule has 2 rings (SSSR count). The highest BCUT2D eigenvalue weighted by atomic mass is 16.6. The average molecular weight is 217 g/mol. The fourth-order valence-electron chi connectivity index (χ4n) is 1.61. The van der Waals surface area contributed by atoms with Crippen molar-refractivity contribution in [2.75, 3.05) is 0 Å². The Balaban J connectivity index is 2.57. The molecule has 5 nitrogen and oxygen atoms in total. The van der Waals surface area contributed by atoms with E-state index in [1.807, 2.05) is 0 Å². The van der Waals surface area contributed by atoms with Gasteiger partial charge in [0.2, 0.25) is 0 Å². The van der Waals surface area contributed by atoms with E-state index in [2.05, 4.69) is 11.2 Å². The molecule has 0 fully saturated rings. The molecule has 0 aliphatic rings. The number of aromatic nitrogens is 1. The number of nitrogens with zero attached hydrogens (tertiary/aromatic N) is 2. The topological polar surface area (TPSA) is 69.2 Å². The molecule has 0 amide bonds. The normalized spacial score (nSPS) is 10.4. The molecule has 0 N–H and O–H groups in total. The van der Waals surface area contributed by atoms with Crippen LogP contribution in [-0.2, 0) is 0 Å². The largest absolute Gasteiger partial charge is 0.361 e. The fourth-order valence-corrected chi connectivity index (χ4v) is 1.61. The Labute approximate surface area is 91.8 Å². The van der Waals surface area contributed by atoms with E-state index in [1.165, 1.54) is 12.1 Å². The maximum atomic E-state index is 10.6. The van der Waals surface area contributed by atoms with Crippen molar-refractivity contribution in [1.29, 1.82) is 0 Å². The lowest BCUT2D eigenvalue weighted by Crippen LogP contribution is -1.89. The summed E-state index contributed by atoms with van der Waals surface area (Å²) in [4.78, 5) is 10.2. The number of aryl methyl sites for hydroxylation is 2. The van der Waals surface area contributed by atoms with Gasteiger partial charge < -0.3 is 4.52 Å². The summed E-state index contributed by atoms with van der Waals surface area (Å²) in [6.45, 7) is 3.58. The van der Waals surface area contributed by atoms with Crippen LogP contribution in [0.3, 0.4) is 0 Å². The molecule has 0 aliphatic carbocycles. The first-order valence-electron chi connectivity index (χ1n) is 4.69. The van der Waals surface area contributed by atoms with Gasteiger partial charge in [-0.3, -0.25) is 10.1 Å². The standard InChI is InChI=1S/C11H9N2O3/c1-7-11(8(2)16-12-7)9-4-3-5-10(6-9)13(14)15/h3-4,6H,1-2H3. The number of hydrogen-bond acceptors (Lipinski definition) is 4. The van der Waals surface area contributed by atoms with Gasteiger partial charge in [0.1, 0.15) is 5.76 Å². The number of hydrogen-bond donors (Lipinski definition) is 0. The first kappa shape index (κ1) is 10.4. The number of non-ortho nitro benzene ring substituents is 1. The lowest BCUT2D eigenvalue weighted by Gasteiger charge is -1.99. The smallest absolute Gasteiger partial charge is 0.278 e. The molecule has 0 aliphatic heterocycles. The molecule has 16 heavy (non-hydrogen) atoms. The summed E-state index contributed by atoms with van der Waals surface area (Å²) in [5, 5.41) is 14.4. The van der Waals surface area contributed by atoms with Gasteiger partial charge in [-0.1, -0.05) is 11.2 Å². The molecule has 0 saturated carbocycles. The molecule has 0 unspecified atom stereocenters. The Morgan fingerprint density at radius 1 is 1.50 bits per heavy atom. The fraction of sp³-hybridized carbons (Fsp3) is 0.182. The summed E-state index contributed by atoms with van der Waals surface area (Å²) >= 11 is 0. The molecular weight excluding hydrogens is 208 g/mol. The summed E-state index contributed by atoms with van der Waals surface area (Å²) in [6.07, 6.45) is 0. The molecule has 1 aromatic carbocycles. The monoisotopic (exact) mass is 217 g/mol. The molecule has 0 atom stereocenters. The van der Waals surface area contributed by atoms with E-state index in [-0.39, 0.29) is 5.69 Å². The van der Waals surface area contributed by atoms with E-state index in [0.29, 0.717) is 5.76 Å². The van der Waals surface area contributed by atoms with E-state index in [9.17, 15) is 10.1 Å². The molecule has 2 aromatic rings. The van der Waals surface area contributed by atoms with Gasteiger partial charge in [-0.25, -0.2) is 0 Å². The van der Waals surface area contributed by atoms with Crippen molar-refractivity contribution in [1.82, 2.24) is 5.16 Å². The van der Waals surface area contributed by atoms with Crippen LogP contribution in [0.15, 0.2) is 22.7 Å². The summed E-state index contributed by atoms with van der Waals surface area (Å²) < 4.78 is 5.02. The van der Waals surface area contributed by atoms with Crippen LogP contribution in [0.4, 0.5) is 5.69 Å². The second-order valence-electron chi connectivity index (χ2n) is 3.42. The zero-order valence-corrected chi connectivity index (χ0v) is 8.85. The summed E-state index contributed by atoms with van der Waals surface area (Å²) in [5.41, 5.74) is 2.19. The van der Waals surface area contributed by atoms with Gasteiger partial charge in [0, 0.05) is 11.6 Å². The summed E-state index contributed by atoms with van der Waals surface area (Å²) in [7, 11) is 0. The molecule has 5 heteroatoms. The highest BCUT2D eigenvalue weighted by Crippen LogP contribution is 2.28. The molecule has 1 heterocycles. The quantitative estimate of drug-likeness (QED) is 0.572. The predicted octanol–water partition coefficient (Wildman–Crippen LogP) is 2.67. The highest BCUT2D eigenvalue weighted by Gasteiger charge is 2.14. The molecule has 0 saturated heterocycles. The second-order valence-corrected chi connectivity index (χ2v) is 3.42. The Hall–Kier alpha value is -2.17. The van der Waals surface area contributed by atoms with E-state index in [4.69, 9.17) is 4.52 Å². The minimum atomic E-state index is -0.471. The van der Waals surface area contributed by atoms with Crippen molar-refractivity contribution in [2.45, 2.75) is 13.8 Å². The third-order valence-electron chi connectivity index (χ3n) is 2.31. The maximum absolute atomic E-state index is 10.6. The van der Waals surface area contributed by atoms with Gasteiger partial charge >= 0.3 is 0 Å². The van der Waals surface area contributed by atoms with Crippen LogP contribution in [0, 0.1) is 30.0 Å². The van der Waals surface area contributed by atoms with Gasteiger partial charge in [-0.15, -0.1) is 0 Å². The van der Waals surface area contributed by atoms with Crippen LogP contribution >= 0.6 is 0 Å². The maximum Gasteiger partial charge on any atom is 0.278 e. The van der Waals surface area contributed by atoms with Crippen LogP contribution in [0.5, 0.6) is 0 Å². The Morgan fingerprint density at radius 2 is 2.25 bits per heavy atom. The van der Waals surface area contributed by atoms with Gasteiger partial charge in [0.25, 0.3) is 5.69 Å². The van der Waals surface area contributed by atoms with Gasteiger partial charge in [0.05, 0.1) is 16.7 Å². The van der Waals surface area contributed by atoms with E-state index < -0.39 is 4.92 Å². The first-order chi connectivity index (χ1) is 7.59. The van der Waals surface area contributed by atoms with Crippen LogP contribution in [0.25, 0.3) is 11.1 Å². The molecule has 1 aromatic heterocycles. The number of nitro benzene ring substituents is 1. The molecular formula is C11H9N2O3. The van der Waals surface area contributed by atoms with E-state index >= 15 is 0 Å². The van der Waals surface area contributed by atoms with Crippen LogP contribution in [0.1, 0.15) is 11.5 Å². The SMILES string of the molecule is Cc1noc(C)c1-c1cc[c]c([N+](=O)[O-])c1. The Kier molecular flexibility index (Phi) is 2.44. The van der Waals surface area contributed by atoms with Crippen LogP contribution in [-0.4, -0.2) is 10.1 Å². The van der Waals surface area contributed by atoms with Crippen molar-refractivity contribution >= 4 is 5.69 Å². The minimum absolute atomic E-state index is 0.0579. The van der Waals surface area contributed by atoms with Crippen molar-refractivity contribution in [2.24, 2.45) is 0 Å². The van der Waals surface area contributed by atoms with Gasteiger partial charge in [-0.2, -0.15) is 0 Å². The summed E-state index contributed by atoms with van der Waals surface area (Å²) in [6, 6.07) is 7.30. The Morgan fingerprint density at radius 3 is 2.81 bits per heavy atom. The predicted molar refractivity (Wildman–Crippen MR) is 56.9 cm³/mol. The number of benzene rings is 1. The first-order valence-corrected chi connectivity index (χ1v) is 4.69. The zero-order valence-electron chi connectivity index (χ0n) is 8.85. The van der Waals surface area contributed by atoms with Crippen molar-refractivity contribution < 1.29 is 9.45 Å². The number of rotatable bonds is 2. The van der Waals surface area contributed by atoms with Crippen molar-refractivity contribution in [3.05, 3.63) is 45.8 Å². The number of nitro groups is 1. The average Bonchev–Trinajstić information content (AvgIpc) is 2.59. The van der Waals surface area contributed by atoms with E-state index in [1.54, 1.807) is 19.9 Å². The van der Waals surface area contributed by atoms with E-state index in [0.717, 1.165) is 16.8 Å². The second kappa shape index (κ2) is 3.77. The Bertz CT molecular complexity index is 526. The summed E-state index contributed by atoms with van der Waals surface area (Å²) in [5.74, 6) is 0.651. The highest BCUT2D eigenvalue weighted by molar-refractivity contribution is 5.69. The zero-order chi connectivity index (χ0) is 11.7. The third kappa shape index (κ3) is 1.67. The lowest BCUT2D eigenvalue weighted by molar-refractivity contribution is -0.385. The lowest BCUT2D eigenvalue weighted by atomic mass is 10.0.